The zero-order valence-electron chi connectivity index (χ0n) is 13.6. The summed E-state index contributed by atoms with van der Waals surface area (Å²) in [5.41, 5.74) is 3.79. The molecular weight excluding hydrogens is 277 g/mol. The first kappa shape index (κ1) is 15.3. The van der Waals surface area contributed by atoms with E-state index in [0.29, 0.717) is 12.0 Å². The van der Waals surface area contributed by atoms with Gasteiger partial charge in [0, 0.05) is 42.3 Å². The van der Waals surface area contributed by atoms with Crippen molar-refractivity contribution in [1.82, 2.24) is 10.2 Å². The first-order valence-electron chi connectivity index (χ1n) is 8.50. The summed E-state index contributed by atoms with van der Waals surface area (Å²) in [6, 6.07) is 0.514. The van der Waals surface area contributed by atoms with Crippen LogP contribution in [0.15, 0.2) is 40.2 Å². The number of dihydropyridines is 1. The Labute approximate surface area is 132 Å². The maximum absolute atomic E-state index is 13.0. The van der Waals surface area contributed by atoms with E-state index in [9.17, 15) is 4.39 Å². The summed E-state index contributed by atoms with van der Waals surface area (Å²) >= 11 is 0. The number of hydrogen-bond donors (Lipinski definition) is 1. The molecule has 1 unspecified atom stereocenters. The first-order valence-corrected chi connectivity index (χ1v) is 8.50. The van der Waals surface area contributed by atoms with Crippen LogP contribution in [0.1, 0.15) is 39.5 Å². The van der Waals surface area contributed by atoms with Crippen molar-refractivity contribution in [3.8, 4) is 0 Å². The highest BCUT2D eigenvalue weighted by molar-refractivity contribution is 5.84. The molecule has 0 radical (unpaired) electrons. The van der Waals surface area contributed by atoms with Crippen LogP contribution < -0.4 is 5.32 Å². The lowest BCUT2D eigenvalue weighted by Gasteiger charge is -2.40. The van der Waals surface area contributed by atoms with Crippen molar-refractivity contribution < 1.29 is 4.39 Å². The topological polar surface area (TPSA) is 27.6 Å². The van der Waals surface area contributed by atoms with E-state index in [0.717, 1.165) is 31.5 Å². The molecule has 0 aromatic rings. The van der Waals surface area contributed by atoms with Crippen LogP contribution in [0.25, 0.3) is 0 Å². The summed E-state index contributed by atoms with van der Waals surface area (Å²) in [4.78, 5) is 6.33. The van der Waals surface area contributed by atoms with Crippen molar-refractivity contribution in [3.63, 3.8) is 0 Å². The number of alkyl halides is 1. The minimum absolute atomic E-state index is 0.514. The molecule has 1 fully saturated rings. The van der Waals surface area contributed by atoms with Gasteiger partial charge in [-0.05, 0) is 51.5 Å². The van der Waals surface area contributed by atoms with Crippen LogP contribution in [0.4, 0.5) is 4.39 Å². The minimum atomic E-state index is -1.17. The highest BCUT2D eigenvalue weighted by Gasteiger charge is 2.31. The molecule has 3 aliphatic rings. The van der Waals surface area contributed by atoms with Gasteiger partial charge in [0.1, 0.15) is 0 Å². The first-order chi connectivity index (χ1) is 10.7. The Morgan fingerprint density at radius 3 is 2.86 bits per heavy atom. The van der Waals surface area contributed by atoms with Crippen LogP contribution in [0.2, 0.25) is 0 Å². The largest absolute Gasteiger partial charge is 0.384 e. The van der Waals surface area contributed by atoms with Gasteiger partial charge in [0.15, 0.2) is 0 Å². The predicted octanol–water partition coefficient (Wildman–Crippen LogP) is 3.56. The number of piperidine rings is 1. The lowest BCUT2D eigenvalue weighted by Crippen LogP contribution is -2.43. The molecule has 2 heterocycles. The van der Waals surface area contributed by atoms with Crippen molar-refractivity contribution in [2.75, 3.05) is 13.1 Å². The highest BCUT2D eigenvalue weighted by atomic mass is 19.1. The van der Waals surface area contributed by atoms with Gasteiger partial charge in [-0.15, -0.1) is 0 Å². The maximum atomic E-state index is 13.0. The summed E-state index contributed by atoms with van der Waals surface area (Å²) in [6.45, 7) is 6.64. The SMILES string of the molecule is CCN(CC)C1=CC[C@@H]2NC(=C3C=C[C@@H](F)N=C3)CCC2C1. The molecule has 0 bridgehead atoms. The van der Waals surface area contributed by atoms with Gasteiger partial charge in [0.05, 0.1) is 0 Å². The van der Waals surface area contributed by atoms with E-state index in [2.05, 4.69) is 35.1 Å². The second-order valence-corrected chi connectivity index (χ2v) is 6.30. The zero-order valence-corrected chi connectivity index (χ0v) is 13.6. The van der Waals surface area contributed by atoms with Gasteiger partial charge in [-0.3, -0.25) is 4.99 Å². The third kappa shape index (κ3) is 3.11. The molecule has 0 amide bonds. The average Bonchev–Trinajstić information content (AvgIpc) is 2.56. The smallest absolute Gasteiger partial charge is 0.208 e. The molecule has 1 saturated heterocycles. The number of nitrogens with one attached hydrogen (secondary N) is 1. The van der Waals surface area contributed by atoms with Crippen LogP contribution in [0.3, 0.4) is 0 Å². The quantitative estimate of drug-likeness (QED) is 0.807. The molecule has 0 spiro atoms. The Bertz CT molecular complexity index is 512. The number of aliphatic imine (C=N–C) groups is 1. The van der Waals surface area contributed by atoms with Crippen molar-refractivity contribution >= 4 is 6.21 Å². The number of fused-ring (bicyclic) bond motifs is 1. The number of allylic oxidation sites excluding steroid dienone is 4. The van der Waals surface area contributed by atoms with Gasteiger partial charge in [-0.25, -0.2) is 4.39 Å². The van der Waals surface area contributed by atoms with Crippen molar-refractivity contribution in [2.45, 2.75) is 51.9 Å². The molecule has 0 aromatic heterocycles. The highest BCUT2D eigenvalue weighted by Crippen LogP contribution is 2.35. The number of nitrogens with zero attached hydrogens (tertiary/aromatic N) is 2. The van der Waals surface area contributed by atoms with Gasteiger partial charge >= 0.3 is 0 Å². The van der Waals surface area contributed by atoms with Gasteiger partial charge < -0.3 is 10.2 Å². The van der Waals surface area contributed by atoms with E-state index >= 15 is 0 Å². The molecule has 4 heteroatoms. The third-order valence-corrected chi connectivity index (χ3v) is 5.08. The molecular formula is C18H26FN3. The summed E-state index contributed by atoms with van der Waals surface area (Å²) in [5, 5.41) is 3.69. The van der Waals surface area contributed by atoms with E-state index in [1.54, 1.807) is 6.21 Å². The van der Waals surface area contributed by atoms with Crippen molar-refractivity contribution in [2.24, 2.45) is 10.9 Å². The fraction of sp³-hybridized carbons (Fsp3) is 0.611. The zero-order chi connectivity index (χ0) is 15.5. The lowest BCUT2D eigenvalue weighted by molar-refractivity contribution is 0.254. The van der Waals surface area contributed by atoms with Crippen LogP contribution in [-0.4, -0.2) is 36.5 Å². The number of rotatable bonds is 3. The summed E-state index contributed by atoms with van der Waals surface area (Å²) < 4.78 is 13.0. The molecule has 3 nitrogen and oxygen atoms in total. The lowest BCUT2D eigenvalue weighted by atomic mass is 9.79. The van der Waals surface area contributed by atoms with Gasteiger partial charge in [0.25, 0.3) is 0 Å². The Kier molecular flexibility index (Phi) is 4.65. The monoisotopic (exact) mass is 303 g/mol. The van der Waals surface area contributed by atoms with Crippen molar-refractivity contribution in [3.05, 3.63) is 35.2 Å². The Morgan fingerprint density at radius 1 is 1.36 bits per heavy atom. The van der Waals surface area contributed by atoms with Crippen LogP contribution in [0.5, 0.6) is 0 Å². The Morgan fingerprint density at radius 2 is 2.18 bits per heavy atom. The van der Waals surface area contributed by atoms with Gasteiger partial charge in [0.2, 0.25) is 6.30 Å². The number of hydrogen-bond acceptors (Lipinski definition) is 3. The number of halogens is 1. The Balaban J connectivity index is 1.70. The second-order valence-electron chi connectivity index (χ2n) is 6.30. The van der Waals surface area contributed by atoms with E-state index in [1.807, 2.05) is 6.08 Å². The fourth-order valence-corrected chi connectivity index (χ4v) is 3.78. The molecule has 0 aromatic carbocycles. The molecule has 0 saturated carbocycles. The van der Waals surface area contributed by atoms with Crippen molar-refractivity contribution in [1.29, 1.82) is 0 Å². The van der Waals surface area contributed by atoms with Crippen LogP contribution >= 0.6 is 0 Å². The van der Waals surface area contributed by atoms with E-state index in [-0.39, 0.29) is 0 Å². The Hall–Kier alpha value is -1.58. The van der Waals surface area contributed by atoms with Gasteiger partial charge in [-0.2, -0.15) is 0 Å². The second kappa shape index (κ2) is 6.67. The van der Waals surface area contributed by atoms with E-state index in [1.165, 1.54) is 30.3 Å². The average molecular weight is 303 g/mol. The third-order valence-electron chi connectivity index (χ3n) is 5.08. The van der Waals surface area contributed by atoms with E-state index < -0.39 is 6.30 Å². The fourth-order valence-electron chi connectivity index (χ4n) is 3.78. The van der Waals surface area contributed by atoms with Crippen LogP contribution in [-0.2, 0) is 0 Å². The standard InChI is InChI=1S/C18H26FN3/c1-3-22(4-2)15-7-9-16-13(11-15)5-8-17(21-16)14-6-10-18(19)20-12-14/h6-7,10,12-13,16,18,21H,3-5,8-9,11H2,1-2H3/t13?,16-,18-/m0/s1. The summed E-state index contributed by atoms with van der Waals surface area (Å²) in [6.07, 6.45) is 10.8. The predicted molar refractivity (Wildman–Crippen MR) is 89.4 cm³/mol. The minimum Gasteiger partial charge on any atom is -0.384 e. The molecule has 3 atom stereocenters. The molecule has 1 aliphatic carbocycles. The summed E-state index contributed by atoms with van der Waals surface area (Å²) in [7, 11) is 0. The van der Waals surface area contributed by atoms with Crippen LogP contribution in [0, 0.1) is 5.92 Å². The molecule has 1 N–H and O–H groups in total. The molecule has 120 valence electrons. The molecule has 22 heavy (non-hydrogen) atoms. The van der Waals surface area contributed by atoms with Gasteiger partial charge in [-0.1, -0.05) is 12.2 Å². The maximum Gasteiger partial charge on any atom is 0.208 e. The normalized spacial score (nSPS) is 34.0. The molecule has 3 rings (SSSR count). The molecule has 2 aliphatic heterocycles. The summed E-state index contributed by atoms with van der Waals surface area (Å²) in [5.74, 6) is 0.711. The van der Waals surface area contributed by atoms with E-state index in [4.69, 9.17) is 0 Å².